The molecule has 1 rings (SSSR count). The maximum atomic E-state index is 5.92. The molecule has 1 aliphatic carbocycles. The lowest BCUT2D eigenvalue weighted by molar-refractivity contribution is 0.150. The maximum absolute atomic E-state index is 5.92. The fourth-order valence-electron chi connectivity index (χ4n) is 2.34. The van der Waals surface area contributed by atoms with Gasteiger partial charge in [0.15, 0.2) is 0 Å². The van der Waals surface area contributed by atoms with Crippen molar-refractivity contribution in [1.29, 1.82) is 0 Å². The molecule has 0 saturated heterocycles. The summed E-state index contributed by atoms with van der Waals surface area (Å²) in [5.41, 5.74) is 5.92. The van der Waals surface area contributed by atoms with Gasteiger partial charge in [-0.2, -0.15) is 0 Å². The third-order valence-corrected chi connectivity index (χ3v) is 3.08. The summed E-state index contributed by atoms with van der Waals surface area (Å²) in [7, 11) is 0. The highest BCUT2D eigenvalue weighted by Gasteiger charge is 2.33. The minimum atomic E-state index is 0.611. The normalized spacial score (nSPS) is 19.2. The van der Waals surface area contributed by atoms with E-state index >= 15 is 0 Å². The van der Waals surface area contributed by atoms with Gasteiger partial charge in [-0.1, -0.05) is 27.7 Å². The van der Waals surface area contributed by atoms with Crippen LogP contribution in [0.5, 0.6) is 0 Å². The van der Waals surface area contributed by atoms with Gasteiger partial charge in [0.25, 0.3) is 0 Å². The predicted molar refractivity (Wildman–Crippen MR) is 66.9 cm³/mol. The van der Waals surface area contributed by atoms with Crippen molar-refractivity contribution in [3.8, 4) is 0 Å². The highest BCUT2D eigenvalue weighted by Crippen LogP contribution is 2.30. The second-order valence-corrected chi connectivity index (χ2v) is 5.84. The van der Waals surface area contributed by atoms with Gasteiger partial charge in [-0.25, -0.2) is 0 Å². The molecule has 1 unspecified atom stereocenters. The van der Waals surface area contributed by atoms with E-state index in [0.717, 1.165) is 24.4 Å². The van der Waals surface area contributed by atoms with Crippen LogP contribution in [0.1, 0.15) is 47.0 Å². The molecule has 0 amide bonds. The molecule has 90 valence electrons. The molecule has 1 aliphatic rings. The van der Waals surface area contributed by atoms with Gasteiger partial charge >= 0.3 is 0 Å². The average Bonchev–Trinajstić information content (AvgIpc) is 2.93. The van der Waals surface area contributed by atoms with E-state index in [1.54, 1.807) is 0 Å². The molecule has 1 atom stereocenters. The smallest absolute Gasteiger partial charge is 0.0223 e. The van der Waals surface area contributed by atoms with Gasteiger partial charge in [-0.15, -0.1) is 0 Å². The van der Waals surface area contributed by atoms with Crippen LogP contribution in [-0.4, -0.2) is 30.1 Å². The molecule has 0 spiro atoms. The van der Waals surface area contributed by atoms with E-state index in [0.29, 0.717) is 6.04 Å². The molecule has 0 radical (unpaired) electrons. The summed E-state index contributed by atoms with van der Waals surface area (Å²) in [5, 5.41) is 0. The summed E-state index contributed by atoms with van der Waals surface area (Å²) in [5.74, 6) is 1.51. The van der Waals surface area contributed by atoms with E-state index < -0.39 is 0 Å². The van der Waals surface area contributed by atoms with Gasteiger partial charge in [0, 0.05) is 25.2 Å². The predicted octanol–water partition coefficient (Wildman–Crippen LogP) is 2.48. The third kappa shape index (κ3) is 4.52. The SMILES string of the molecule is CC(C)CC(CN)N(CC(C)C)C1CC1. The fourth-order valence-corrected chi connectivity index (χ4v) is 2.34. The zero-order valence-corrected chi connectivity index (χ0v) is 10.9. The van der Waals surface area contributed by atoms with Crippen LogP contribution in [0.2, 0.25) is 0 Å². The van der Waals surface area contributed by atoms with E-state index in [4.69, 9.17) is 5.73 Å². The quantitative estimate of drug-likeness (QED) is 0.702. The van der Waals surface area contributed by atoms with Crippen LogP contribution in [0.25, 0.3) is 0 Å². The topological polar surface area (TPSA) is 29.3 Å². The van der Waals surface area contributed by atoms with Crippen molar-refractivity contribution in [2.24, 2.45) is 17.6 Å². The molecule has 0 heterocycles. The first-order chi connectivity index (χ1) is 7.04. The molecule has 0 aromatic rings. The van der Waals surface area contributed by atoms with E-state index in [-0.39, 0.29) is 0 Å². The lowest BCUT2D eigenvalue weighted by atomic mass is 10.0. The van der Waals surface area contributed by atoms with Crippen LogP contribution in [0.4, 0.5) is 0 Å². The molecule has 15 heavy (non-hydrogen) atoms. The largest absolute Gasteiger partial charge is 0.329 e. The number of hydrogen-bond acceptors (Lipinski definition) is 2. The van der Waals surface area contributed by atoms with Crippen molar-refractivity contribution in [2.75, 3.05) is 13.1 Å². The Kier molecular flexibility index (Phi) is 5.07. The Morgan fingerprint density at radius 3 is 2.07 bits per heavy atom. The monoisotopic (exact) mass is 212 g/mol. The third-order valence-electron chi connectivity index (χ3n) is 3.08. The molecule has 2 heteroatoms. The van der Waals surface area contributed by atoms with Crippen LogP contribution in [0.15, 0.2) is 0 Å². The molecule has 0 bridgehead atoms. The zero-order valence-electron chi connectivity index (χ0n) is 10.9. The first-order valence-corrected chi connectivity index (χ1v) is 6.50. The fraction of sp³-hybridized carbons (Fsp3) is 1.00. The molecular formula is C13H28N2. The maximum Gasteiger partial charge on any atom is 0.0223 e. The average molecular weight is 212 g/mol. The molecule has 1 fully saturated rings. The van der Waals surface area contributed by atoms with Crippen molar-refractivity contribution in [3.05, 3.63) is 0 Å². The summed E-state index contributed by atoms with van der Waals surface area (Å²) in [4.78, 5) is 2.67. The van der Waals surface area contributed by atoms with Crippen molar-refractivity contribution >= 4 is 0 Å². The van der Waals surface area contributed by atoms with Crippen molar-refractivity contribution in [2.45, 2.75) is 59.0 Å². The van der Waals surface area contributed by atoms with E-state index in [2.05, 4.69) is 32.6 Å². The number of nitrogens with zero attached hydrogens (tertiary/aromatic N) is 1. The number of nitrogens with two attached hydrogens (primary N) is 1. The Hall–Kier alpha value is -0.0800. The molecule has 0 aliphatic heterocycles. The molecule has 1 saturated carbocycles. The van der Waals surface area contributed by atoms with Gasteiger partial charge in [0.1, 0.15) is 0 Å². The minimum absolute atomic E-state index is 0.611. The molecule has 2 N–H and O–H groups in total. The molecule has 2 nitrogen and oxygen atoms in total. The summed E-state index contributed by atoms with van der Waals surface area (Å²) >= 11 is 0. The Bertz CT molecular complexity index is 173. The molecule has 0 aromatic carbocycles. The van der Waals surface area contributed by atoms with Crippen LogP contribution in [-0.2, 0) is 0 Å². The van der Waals surface area contributed by atoms with E-state index in [9.17, 15) is 0 Å². The Labute approximate surface area is 95.2 Å². The highest BCUT2D eigenvalue weighted by atomic mass is 15.2. The summed E-state index contributed by atoms with van der Waals surface area (Å²) in [6.07, 6.45) is 4.03. The van der Waals surface area contributed by atoms with Crippen molar-refractivity contribution < 1.29 is 0 Å². The molecular weight excluding hydrogens is 184 g/mol. The Balaban J connectivity index is 2.50. The van der Waals surface area contributed by atoms with Crippen molar-refractivity contribution in [3.63, 3.8) is 0 Å². The Morgan fingerprint density at radius 2 is 1.73 bits per heavy atom. The number of hydrogen-bond donors (Lipinski definition) is 1. The van der Waals surface area contributed by atoms with E-state index in [1.165, 1.54) is 25.8 Å². The highest BCUT2D eigenvalue weighted by molar-refractivity contribution is 4.89. The minimum Gasteiger partial charge on any atom is -0.329 e. The summed E-state index contributed by atoms with van der Waals surface area (Å²) in [6, 6.07) is 1.46. The van der Waals surface area contributed by atoms with Crippen LogP contribution >= 0.6 is 0 Å². The lowest BCUT2D eigenvalue weighted by Crippen LogP contribution is -2.44. The van der Waals surface area contributed by atoms with Crippen molar-refractivity contribution in [1.82, 2.24) is 4.90 Å². The molecule has 0 aromatic heterocycles. The van der Waals surface area contributed by atoms with Crippen LogP contribution in [0.3, 0.4) is 0 Å². The Morgan fingerprint density at radius 1 is 1.13 bits per heavy atom. The zero-order chi connectivity index (χ0) is 11.4. The van der Waals surface area contributed by atoms with Gasteiger partial charge in [0.2, 0.25) is 0 Å². The van der Waals surface area contributed by atoms with Crippen LogP contribution < -0.4 is 5.73 Å². The summed E-state index contributed by atoms with van der Waals surface area (Å²) in [6.45, 7) is 11.2. The van der Waals surface area contributed by atoms with Crippen LogP contribution in [0, 0.1) is 11.8 Å². The van der Waals surface area contributed by atoms with Gasteiger partial charge in [-0.05, 0) is 31.1 Å². The second kappa shape index (κ2) is 5.86. The first-order valence-electron chi connectivity index (χ1n) is 6.50. The summed E-state index contributed by atoms with van der Waals surface area (Å²) < 4.78 is 0. The van der Waals surface area contributed by atoms with Gasteiger partial charge < -0.3 is 5.73 Å². The van der Waals surface area contributed by atoms with E-state index in [1.807, 2.05) is 0 Å². The van der Waals surface area contributed by atoms with Gasteiger partial charge in [-0.3, -0.25) is 4.90 Å². The standard InChI is InChI=1S/C13H28N2/c1-10(2)7-13(8-14)15(9-11(3)4)12-5-6-12/h10-13H,5-9,14H2,1-4H3. The second-order valence-electron chi connectivity index (χ2n) is 5.84. The number of rotatable bonds is 7. The lowest BCUT2D eigenvalue weighted by Gasteiger charge is -2.33. The first kappa shape index (κ1) is 13.0. The van der Waals surface area contributed by atoms with Gasteiger partial charge in [0.05, 0.1) is 0 Å².